The zero-order valence-electron chi connectivity index (χ0n) is 19.2. The maximum Gasteiger partial charge on any atom is 0.492 e. The molecule has 2 aromatic carbocycles. The van der Waals surface area contributed by atoms with E-state index >= 15 is 0 Å². The third-order valence-electron chi connectivity index (χ3n) is 5.76. The summed E-state index contributed by atoms with van der Waals surface area (Å²) in [7, 11) is 0.860. The van der Waals surface area contributed by atoms with Gasteiger partial charge in [-0.1, -0.05) is 36.4 Å². The second kappa shape index (κ2) is 9.67. The zero-order chi connectivity index (χ0) is 23.4. The fourth-order valence-corrected chi connectivity index (χ4v) is 3.18. The molecular formula is C24H30BNO6. The van der Waals surface area contributed by atoms with Crippen molar-refractivity contribution in [2.24, 2.45) is 0 Å². The maximum atomic E-state index is 12.3. The van der Waals surface area contributed by atoms with E-state index in [0.29, 0.717) is 16.8 Å². The average molecular weight is 439 g/mol. The number of hydrogen-bond donors (Lipinski definition) is 2. The summed E-state index contributed by atoms with van der Waals surface area (Å²) in [5, 5.41) is 12.7. The van der Waals surface area contributed by atoms with Gasteiger partial charge in [0.05, 0.1) is 18.3 Å². The molecule has 0 radical (unpaired) electrons. The molecule has 3 rings (SSSR count). The summed E-state index contributed by atoms with van der Waals surface area (Å²) < 4.78 is 23.1. The van der Waals surface area contributed by atoms with Crippen LogP contribution in [0.15, 0.2) is 54.0 Å². The molecule has 1 heterocycles. The van der Waals surface area contributed by atoms with Crippen LogP contribution in [-0.4, -0.2) is 43.2 Å². The number of benzene rings is 2. The van der Waals surface area contributed by atoms with Crippen molar-refractivity contribution in [3.63, 3.8) is 0 Å². The van der Waals surface area contributed by atoms with E-state index in [2.05, 4.69) is 5.32 Å². The van der Waals surface area contributed by atoms with Gasteiger partial charge in [0.2, 0.25) is 0 Å². The van der Waals surface area contributed by atoms with Gasteiger partial charge in [-0.25, -0.2) is 4.79 Å². The van der Waals surface area contributed by atoms with Crippen LogP contribution in [0.2, 0.25) is 0 Å². The topological polar surface area (TPSA) is 86.3 Å². The molecule has 32 heavy (non-hydrogen) atoms. The van der Waals surface area contributed by atoms with Crippen LogP contribution in [0.4, 0.5) is 4.79 Å². The van der Waals surface area contributed by atoms with Gasteiger partial charge < -0.3 is 29.2 Å². The molecule has 0 bridgehead atoms. The Morgan fingerprint density at radius 1 is 1.09 bits per heavy atom. The van der Waals surface area contributed by atoms with E-state index in [-0.39, 0.29) is 18.9 Å². The van der Waals surface area contributed by atoms with Gasteiger partial charge in [-0.15, -0.1) is 0 Å². The highest BCUT2D eigenvalue weighted by Gasteiger charge is 2.52. The van der Waals surface area contributed by atoms with Gasteiger partial charge in [0.15, 0.2) is 0 Å². The molecule has 1 fully saturated rings. The van der Waals surface area contributed by atoms with Crippen LogP contribution in [0.5, 0.6) is 11.5 Å². The van der Waals surface area contributed by atoms with Gasteiger partial charge in [-0.05, 0) is 56.9 Å². The molecule has 0 aliphatic carbocycles. The fraction of sp³-hybridized carbons (Fsp3) is 0.375. The number of aromatic hydroxyl groups is 1. The number of methoxy groups -OCH3 is 1. The molecule has 1 aliphatic rings. The first-order chi connectivity index (χ1) is 15.1. The number of phenolic OH excluding ortho intramolecular Hbond substituents is 1. The molecule has 0 aromatic heterocycles. The van der Waals surface area contributed by atoms with Crippen LogP contribution in [-0.2, 0) is 20.7 Å². The standard InChI is InChI=1S/C24H30BNO6/c1-23(2)24(3,4)32-25(31-23)19(13-18-14-20(27)11-12-21(18)29-5)15-26-22(28)30-16-17-9-7-6-8-10-17/h6-14,27H,15-16H2,1-5H3,(H,26,28). The lowest BCUT2D eigenvalue weighted by Gasteiger charge is -2.32. The Balaban J connectivity index is 1.78. The first kappa shape index (κ1) is 23.7. The normalized spacial score (nSPS) is 17.2. The van der Waals surface area contributed by atoms with Crippen molar-refractivity contribution in [1.29, 1.82) is 0 Å². The van der Waals surface area contributed by atoms with Crippen LogP contribution < -0.4 is 10.1 Å². The molecule has 170 valence electrons. The SMILES string of the molecule is COc1ccc(O)cc1C=C(CNC(=O)OCc1ccccc1)B1OC(C)(C)C(C)(C)O1. The predicted molar refractivity (Wildman–Crippen MR) is 123 cm³/mol. The van der Waals surface area contributed by atoms with Gasteiger partial charge in [0.25, 0.3) is 0 Å². The van der Waals surface area contributed by atoms with Crippen LogP contribution in [0.3, 0.4) is 0 Å². The van der Waals surface area contributed by atoms with Crippen molar-refractivity contribution in [2.45, 2.75) is 45.5 Å². The molecule has 0 spiro atoms. The van der Waals surface area contributed by atoms with Gasteiger partial charge in [-0.2, -0.15) is 0 Å². The van der Waals surface area contributed by atoms with E-state index in [1.165, 1.54) is 0 Å². The number of phenols is 1. The first-order valence-electron chi connectivity index (χ1n) is 10.5. The number of alkyl carbamates (subject to hydrolysis) is 1. The smallest absolute Gasteiger partial charge is 0.492 e. The highest BCUT2D eigenvalue weighted by molar-refractivity contribution is 6.56. The Hall–Kier alpha value is -2.97. The Bertz CT molecular complexity index is 958. The zero-order valence-corrected chi connectivity index (χ0v) is 19.2. The lowest BCUT2D eigenvalue weighted by molar-refractivity contribution is 0.00578. The van der Waals surface area contributed by atoms with Crippen molar-refractivity contribution < 1.29 is 28.7 Å². The summed E-state index contributed by atoms with van der Waals surface area (Å²) in [6.07, 6.45) is 1.23. The molecule has 7 nitrogen and oxygen atoms in total. The number of carbonyl (C=O) groups is 1. The Morgan fingerprint density at radius 2 is 1.75 bits per heavy atom. The summed E-state index contributed by atoms with van der Waals surface area (Å²) in [4.78, 5) is 12.3. The van der Waals surface area contributed by atoms with Crippen LogP contribution in [0.1, 0.15) is 38.8 Å². The molecule has 8 heteroatoms. The number of nitrogens with one attached hydrogen (secondary N) is 1. The van der Waals surface area contributed by atoms with Crippen molar-refractivity contribution in [1.82, 2.24) is 5.32 Å². The number of carbonyl (C=O) groups excluding carboxylic acids is 1. The number of rotatable bonds is 7. The monoisotopic (exact) mass is 439 g/mol. The lowest BCUT2D eigenvalue weighted by Crippen LogP contribution is -2.41. The van der Waals surface area contributed by atoms with Crippen LogP contribution in [0, 0.1) is 0 Å². The van der Waals surface area contributed by atoms with E-state index in [1.807, 2.05) is 58.0 Å². The molecule has 2 N–H and O–H groups in total. The summed E-state index contributed by atoms with van der Waals surface area (Å²) in [5.74, 6) is 0.670. The summed E-state index contributed by atoms with van der Waals surface area (Å²) >= 11 is 0. The summed E-state index contributed by atoms with van der Waals surface area (Å²) in [6, 6.07) is 14.2. The molecule has 0 unspecified atom stereocenters. The van der Waals surface area contributed by atoms with E-state index < -0.39 is 24.4 Å². The van der Waals surface area contributed by atoms with Crippen LogP contribution >= 0.6 is 0 Å². The second-order valence-corrected chi connectivity index (χ2v) is 8.65. The number of ether oxygens (including phenoxy) is 2. The van der Waals surface area contributed by atoms with Crippen LogP contribution in [0.25, 0.3) is 6.08 Å². The van der Waals surface area contributed by atoms with Crippen molar-refractivity contribution >= 4 is 19.3 Å². The Labute approximate surface area is 189 Å². The van der Waals surface area contributed by atoms with E-state index in [1.54, 1.807) is 31.4 Å². The Kier molecular flexibility index (Phi) is 7.16. The average Bonchev–Trinajstić information content (AvgIpc) is 2.97. The maximum absolute atomic E-state index is 12.3. The predicted octanol–water partition coefficient (Wildman–Crippen LogP) is 4.34. The van der Waals surface area contributed by atoms with Gasteiger partial charge >= 0.3 is 13.2 Å². The van der Waals surface area contributed by atoms with Gasteiger partial charge in [0, 0.05) is 12.1 Å². The molecule has 1 amide bonds. The molecule has 0 saturated carbocycles. The van der Waals surface area contributed by atoms with E-state index in [9.17, 15) is 9.90 Å². The highest BCUT2D eigenvalue weighted by atomic mass is 16.7. The van der Waals surface area contributed by atoms with E-state index in [0.717, 1.165) is 5.56 Å². The minimum Gasteiger partial charge on any atom is -0.508 e. The number of amides is 1. The Morgan fingerprint density at radius 3 is 2.38 bits per heavy atom. The third kappa shape index (κ3) is 5.63. The fourth-order valence-electron chi connectivity index (χ4n) is 3.18. The first-order valence-corrected chi connectivity index (χ1v) is 10.5. The minimum absolute atomic E-state index is 0.0977. The molecule has 2 aromatic rings. The minimum atomic E-state index is -0.693. The highest BCUT2D eigenvalue weighted by Crippen LogP contribution is 2.39. The second-order valence-electron chi connectivity index (χ2n) is 8.65. The molecule has 1 saturated heterocycles. The molecule has 1 aliphatic heterocycles. The third-order valence-corrected chi connectivity index (χ3v) is 5.76. The number of hydrogen-bond acceptors (Lipinski definition) is 6. The lowest BCUT2D eigenvalue weighted by atomic mass is 9.77. The summed E-state index contributed by atoms with van der Waals surface area (Å²) in [5.41, 5.74) is 1.09. The van der Waals surface area contributed by atoms with Gasteiger partial charge in [-0.3, -0.25) is 0 Å². The summed E-state index contributed by atoms with van der Waals surface area (Å²) in [6.45, 7) is 8.14. The molecule has 0 atom stereocenters. The van der Waals surface area contributed by atoms with Gasteiger partial charge in [0.1, 0.15) is 18.1 Å². The van der Waals surface area contributed by atoms with Crippen molar-refractivity contribution in [3.8, 4) is 11.5 Å². The van der Waals surface area contributed by atoms with Crippen molar-refractivity contribution in [3.05, 3.63) is 65.1 Å². The van der Waals surface area contributed by atoms with E-state index in [4.69, 9.17) is 18.8 Å². The van der Waals surface area contributed by atoms with Crippen molar-refractivity contribution in [2.75, 3.05) is 13.7 Å². The quantitative estimate of drug-likeness (QED) is 0.625. The largest absolute Gasteiger partial charge is 0.508 e. The molecular weight excluding hydrogens is 409 g/mol.